The van der Waals surface area contributed by atoms with Gasteiger partial charge >= 0.3 is 0 Å². The number of amides is 2. The minimum absolute atomic E-state index is 0.0914. The maximum atomic E-state index is 13.4. The molecule has 8 heteroatoms. The fourth-order valence-electron chi connectivity index (χ4n) is 5.15. The molecular formula is C30H31N3O5. The van der Waals surface area contributed by atoms with Crippen molar-refractivity contribution in [3.05, 3.63) is 82.9 Å². The molecule has 3 heterocycles. The summed E-state index contributed by atoms with van der Waals surface area (Å²) in [5.74, 6) is 1.43. The number of benzene rings is 3. The summed E-state index contributed by atoms with van der Waals surface area (Å²) in [7, 11) is 0. The summed E-state index contributed by atoms with van der Waals surface area (Å²) in [6.45, 7) is 1.74. The van der Waals surface area contributed by atoms with Crippen molar-refractivity contribution >= 4 is 11.8 Å². The Bertz CT molecular complexity index is 1370. The first-order valence-corrected chi connectivity index (χ1v) is 13.2. The molecular weight excluding hydrogens is 482 g/mol. The van der Waals surface area contributed by atoms with Crippen LogP contribution in [0.3, 0.4) is 0 Å². The molecule has 0 radical (unpaired) electrons. The van der Waals surface area contributed by atoms with E-state index in [1.165, 1.54) is 6.07 Å². The molecule has 1 fully saturated rings. The first kappa shape index (κ1) is 24.3. The summed E-state index contributed by atoms with van der Waals surface area (Å²) in [6.07, 6.45) is 3.57. The summed E-state index contributed by atoms with van der Waals surface area (Å²) in [5.41, 5.74) is 3.32. The minimum Gasteiger partial charge on any atom is -0.507 e. The Morgan fingerprint density at radius 2 is 1.89 bits per heavy atom. The van der Waals surface area contributed by atoms with E-state index >= 15 is 0 Å². The van der Waals surface area contributed by atoms with Gasteiger partial charge in [-0.3, -0.25) is 9.59 Å². The number of carbonyl (C=O) groups excluding carboxylic acids is 2. The van der Waals surface area contributed by atoms with Crippen LogP contribution in [0.4, 0.5) is 0 Å². The van der Waals surface area contributed by atoms with Crippen LogP contribution in [0, 0.1) is 0 Å². The lowest BCUT2D eigenvalue weighted by Gasteiger charge is -2.38. The SMILES string of the molecule is O=C1NCCCOc2cccc(c2)C2c3ccc(cc3CCN2C(=O)CNC2CC2)Oc2ccc(O)c1c2. The van der Waals surface area contributed by atoms with Gasteiger partial charge in [0.05, 0.1) is 24.8 Å². The van der Waals surface area contributed by atoms with Gasteiger partial charge in [-0.1, -0.05) is 18.2 Å². The molecule has 0 saturated heterocycles. The van der Waals surface area contributed by atoms with Gasteiger partial charge in [0, 0.05) is 19.1 Å². The van der Waals surface area contributed by atoms with E-state index in [4.69, 9.17) is 9.47 Å². The lowest BCUT2D eigenvalue weighted by Crippen LogP contribution is -2.45. The maximum Gasteiger partial charge on any atom is 0.255 e. The van der Waals surface area contributed by atoms with Gasteiger partial charge in [-0.15, -0.1) is 0 Å². The molecule has 7 rings (SSSR count). The van der Waals surface area contributed by atoms with Crippen LogP contribution in [0.2, 0.25) is 0 Å². The highest BCUT2D eigenvalue weighted by Crippen LogP contribution is 2.39. The number of ether oxygens (including phenoxy) is 2. The van der Waals surface area contributed by atoms with Crippen LogP contribution in [-0.4, -0.2) is 54.1 Å². The van der Waals surface area contributed by atoms with Gasteiger partial charge in [0.25, 0.3) is 5.91 Å². The molecule has 0 spiro atoms. The van der Waals surface area contributed by atoms with Crippen molar-refractivity contribution in [2.24, 2.45) is 0 Å². The standard InChI is InChI=1S/C30H31N3O5/c34-27-10-8-24-17-26(27)30(36)31-12-2-14-37-22-4-1-3-20(16-22)29-25-9-7-23(38-24)15-19(25)11-13-33(29)28(35)18-32-21-5-6-21/h1,3-4,7-10,15-17,21,29,32,34H,2,5-6,11-14,18H2,(H,31,36). The number of rotatable bonds is 3. The topological polar surface area (TPSA) is 100 Å². The number of phenolic OH excluding ortho intramolecular Hbond substituents is 1. The second-order valence-corrected chi connectivity index (χ2v) is 10.1. The Hall–Kier alpha value is -4.04. The van der Waals surface area contributed by atoms with Crippen LogP contribution >= 0.6 is 0 Å². The number of hydrogen-bond acceptors (Lipinski definition) is 6. The van der Waals surface area contributed by atoms with Crippen molar-refractivity contribution in [3.8, 4) is 23.0 Å². The Labute approximate surface area is 221 Å². The third-order valence-corrected chi connectivity index (χ3v) is 7.28. The minimum atomic E-state index is -0.370. The molecule has 1 unspecified atom stereocenters. The molecule has 2 amide bonds. The molecule has 3 aromatic rings. The first-order chi connectivity index (χ1) is 18.5. The molecule has 1 aliphatic carbocycles. The summed E-state index contributed by atoms with van der Waals surface area (Å²) >= 11 is 0. The highest BCUT2D eigenvalue weighted by Gasteiger charge is 2.33. The Kier molecular flexibility index (Phi) is 6.64. The molecule has 1 saturated carbocycles. The predicted molar refractivity (Wildman–Crippen MR) is 142 cm³/mol. The van der Waals surface area contributed by atoms with Crippen LogP contribution in [0.25, 0.3) is 0 Å². The fraction of sp³-hybridized carbons (Fsp3) is 0.333. The fourth-order valence-corrected chi connectivity index (χ4v) is 5.15. The monoisotopic (exact) mass is 513 g/mol. The molecule has 196 valence electrons. The zero-order valence-corrected chi connectivity index (χ0v) is 21.1. The van der Waals surface area contributed by atoms with E-state index in [1.807, 2.05) is 47.4 Å². The third kappa shape index (κ3) is 5.17. The van der Waals surface area contributed by atoms with E-state index in [1.54, 1.807) is 12.1 Å². The number of nitrogens with one attached hydrogen (secondary N) is 2. The Morgan fingerprint density at radius 3 is 2.76 bits per heavy atom. The van der Waals surface area contributed by atoms with Gasteiger partial charge in [0.1, 0.15) is 23.0 Å². The van der Waals surface area contributed by atoms with E-state index < -0.39 is 0 Å². The highest BCUT2D eigenvalue weighted by atomic mass is 16.5. The van der Waals surface area contributed by atoms with Crippen LogP contribution in [0.15, 0.2) is 60.7 Å². The summed E-state index contributed by atoms with van der Waals surface area (Å²) in [6, 6.07) is 18.7. The number of fused-ring (bicyclic) bond motifs is 6. The zero-order valence-electron chi connectivity index (χ0n) is 21.1. The van der Waals surface area contributed by atoms with Crippen molar-refractivity contribution in [2.45, 2.75) is 37.8 Å². The maximum absolute atomic E-state index is 13.4. The van der Waals surface area contributed by atoms with Gasteiger partial charge in [-0.2, -0.15) is 0 Å². The number of nitrogens with zero attached hydrogens (tertiary/aromatic N) is 1. The van der Waals surface area contributed by atoms with Gasteiger partial charge in [0.15, 0.2) is 0 Å². The lowest BCUT2D eigenvalue weighted by atomic mass is 9.87. The van der Waals surface area contributed by atoms with E-state index in [0.29, 0.717) is 56.6 Å². The predicted octanol–water partition coefficient (Wildman–Crippen LogP) is 3.92. The average Bonchev–Trinajstić information content (AvgIpc) is 3.76. The summed E-state index contributed by atoms with van der Waals surface area (Å²) in [4.78, 5) is 28.0. The second kappa shape index (κ2) is 10.4. The molecule has 8 nitrogen and oxygen atoms in total. The zero-order chi connectivity index (χ0) is 26.1. The molecule has 3 aromatic carbocycles. The second-order valence-electron chi connectivity index (χ2n) is 10.1. The smallest absolute Gasteiger partial charge is 0.255 e. The number of hydrogen-bond donors (Lipinski definition) is 3. The quantitative estimate of drug-likeness (QED) is 0.491. The largest absolute Gasteiger partial charge is 0.507 e. The van der Waals surface area contributed by atoms with Crippen molar-refractivity contribution < 1.29 is 24.2 Å². The molecule has 4 aliphatic rings. The third-order valence-electron chi connectivity index (χ3n) is 7.28. The number of phenols is 1. The summed E-state index contributed by atoms with van der Waals surface area (Å²) in [5, 5.41) is 16.4. The van der Waals surface area contributed by atoms with Gasteiger partial charge in [0.2, 0.25) is 5.91 Å². The molecule has 8 bridgehead atoms. The highest BCUT2D eigenvalue weighted by molar-refractivity contribution is 5.97. The van der Waals surface area contributed by atoms with E-state index in [9.17, 15) is 14.7 Å². The molecule has 0 aromatic heterocycles. The number of aromatic hydroxyl groups is 1. The number of carbonyl (C=O) groups is 2. The summed E-state index contributed by atoms with van der Waals surface area (Å²) < 4.78 is 12.1. The van der Waals surface area contributed by atoms with Crippen LogP contribution < -0.4 is 20.1 Å². The molecule has 3 aliphatic heterocycles. The van der Waals surface area contributed by atoms with Crippen LogP contribution in [0.1, 0.15) is 52.4 Å². The molecule has 38 heavy (non-hydrogen) atoms. The van der Waals surface area contributed by atoms with Gasteiger partial charge < -0.3 is 30.1 Å². The van der Waals surface area contributed by atoms with Crippen LogP contribution in [0.5, 0.6) is 23.0 Å². The molecule has 1 atom stereocenters. The Morgan fingerprint density at radius 1 is 1.05 bits per heavy atom. The van der Waals surface area contributed by atoms with Crippen molar-refractivity contribution in [1.82, 2.24) is 15.5 Å². The Balaban J connectivity index is 1.38. The molecule has 3 N–H and O–H groups in total. The van der Waals surface area contributed by atoms with E-state index in [2.05, 4.69) is 10.6 Å². The van der Waals surface area contributed by atoms with Gasteiger partial charge in [-0.25, -0.2) is 0 Å². The van der Waals surface area contributed by atoms with Crippen molar-refractivity contribution in [2.75, 3.05) is 26.2 Å². The van der Waals surface area contributed by atoms with E-state index in [0.717, 1.165) is 35.3 Å². The van der Waals surface area contributed by atoms with Crippen molar-refractivity contribution in [1.29, 1.82) is 0 Å². The van der Waals surface area contributed by atoms with Crippen LogP contribution in [-0.2, 0) is 11.2 Å². The first-order valence-electron chi connectivity index (χ1n) is 13.2. The van der Waals surface area contributed by atoms with Gasteiger partial charge in [-0.05, 0) is 84.8 Å². The normalized spacial score (nSPS) is 19.0. The average molecular weight is 514 g/mol. The van der Waals surface area contributed by atoms with E-state index in [-0.39, 0.29) is 29.2 Å². The van der Waals surface area contributed by atoms with Crippen molar-refractivity contribution in [3.63, 3.8) is 0 Å². The lowest BCUT2D eigenvalue weighted by molar-refractivity contribution is -0.132.